The predicted octanol–water partition coefficient (Wildman–Crippen LogP) is 3.94. The molecule has 4 rings (SSSR count). The molecule has 3 atom stereocenters. The zero-order valence-corrected chi connectivity index (χ0v) is 12.5. The van der Waals surface area contributed by atoms with E-state index >= 15 is 0 Å². The zero-order chi connectivity index (χ0) is 14.4. The molecular weight excluding hydrogens is 254 g/mol. The van der Waals surface area contributed by atoms with Crippen LogP contribution in [0.25, 0.3) is 5.57 Å². The van der Waals surface area contributed by atoms with E-state index in [1.54, 1.807) is 0 Å². The van der Waals surface area contributed by atoms with Crippen molar-refractivity contribution < 1.29 is 0 Å². The minimum Gasteiger partial charge on any atom is -0.312 e. The Morgan fingerprint density at radius 2 is 1.90 bits per heavy atom. The van der Waals surface area contributed by atoms with Crippen molar-refractivity contribution in [3.8, 4) is 0 Å². The maximum Gasteiger partial charge on any atom is 0.0183 e. The molecule has 0 bridgehead atoms. The van der Waals surface area contributed by atoms with Gasteiger partial charge >= 0.3 is 0 Å². The van der Waals surface area contributed by atoms with Crippen LogP contribution in [0.2, 0.25) is 0 Å². The van der Waals surface area contributed by atoms with Gasteiger partial charge in [0.25, 0.3) is 0 Å². The van der Waals surface area contributed by atoms with Gasteiger partial charge in [-0.1, -0.05) is 55.1 Å². The van der Waals surface area contributed by atoms with E-state index in [9.17, 15) is 0 Å². The number of hydrogen-bond donors (Lipinski definition) is 1. The molecule has 0 radical (unpaired) electrons. The first kappa shape index (κ1) is 12.8. The molecule has 1 heterocycles. The minimum atomic E-state index is 0.511. The second-order valence-electron chi connectivity index (χ2n) is 6.40. The number of hydrogen-bond acceptors (Lipinski definition) is 1. The molecule has 2 aromatic carbocycles. The van der Waals surface area contributed by atoms with Crippen LogP contribution in [0.15, 0.2) is 55.1 Å². The molecule has 21 heavy (non-hydrogen) atoms. The molecule has 2 aromatic rings. The highest BCUT2D eigenvalue weighted by Crippen LogP contribution is 2.50. The monoisotopic (exact) mass is 275 g/mol. The van der Waals surface area contributed by atoms with Crippen LogP contribution in [0.3, 0.4) is 0 Å². The molecule has 2 aliphatic rings. The molecule has 1 fully saturated rings. The third kappa shape index (κ3) is 1.96. The SMILES string of the molecule is C=C1c2c(C)cccc2C2CNC(Cc3ccccc3)C12. The number of fused-ring (bicyclic) bond motifs is 3. The molecule has 1 aliphatic carbocycles. The summed E-state index contributed by atoms with van der Waals surface area (Å²) >= 11 is 0. The number of benzene rings is 2. The summed E-state index contributed by atoms with van der Waals surface area (Å²) in [6, 6.07) is 18.0. The van der Waals surface area contributed by atoms with Crippen molar-refractivity contribution >= 4 is 5.57 Å². The molecule has 0 amide bonds. The molecule has 0 saturated carbocycles. The second-order valence-corrected chi connectivity index (χ2v) is 6.40. The van der Waals surface area contributed by atoms with Gasteiger partial charge in [-0.25, -0.2) is 0 Å². The third-order valence-corrected chi connectivity index (χ3v) is 5.19. The summed E-state index contributed by atoms with van der Waals surface area (Å²) in [6.07, 6.45) is 1.09. The predicted molar refractivity (Wildman–Crippen MR) is 88.4 cm³/mol. The van der Waals surface area contributed by atoms with E-state index in [2.05, 4.69) is 67.4 Å². The maximum atomic E-state index is 4.45. The van der Waals surface area contributed by atoms with Gasteiger partial charge in [0, 0.05) is 24.4 Å². The highest BCUT2D eigenvalue weighted by atomic mass is 15.0. The Balaban J connectivity index is 1.66. The van der Waals surface area contributed by atoms with E-state index in [4.69, 9.17) is 0 Å². The van der Waals surface area contributed by atoms with Gasteiger partial charge in [0.05, 0.1) is 0 Å². The molecule has 1 nitrogen and oxygen atoms in total. The first-order valence-electron chi connectivity index (χ1n) is 7.81. The van der Waals surface area contributed by atoms with Gasteiger partial charge in [-0.2, -0.15) is 0 Å². The average molecular weight is 275 g/mol. The Kier molecular flexibility index (Phi) is 2.97. The van der Waals surface area contributed by atoms with Crippen LogP contribution >= 0.6 is 0 Å². The lowest BCUT2D eigenvalue weighted by Gasteiger charge is -2.20. The highest BCUT2D eigenvalue weighted by molar-refractivity contribution is 5.78. The van der Waals surface area contributed by atoms with Gasteiger partial charge in [-0.05, 0) is 41.2 Å². The quantitative estimate of drug-likeness (QED) is 0.875. The fraction of sp³-hybridized carbons (Fsp3) is 0.300. The molecule has 106 valence electrons. The molecule has 1 N–H and O–H groups in total. The largest absolute Gasteiger partial charge is 0.312 e. The molecule has 0 aromatic heterocycles. The normalized spacial score (nSPS) is 26.7. The van der Waals surface area contributed by atoms with Crippen LogP contribution in [-0.2, 0) is 6.42 Å². The fourth-order valence-corrected chi connectivity index (χ4v) is 4.27. The molecule has 1 aliphatic heterocycles. The molecule has 1 saturated heterocycles. The van der Waals surface area contributed by atoms with Crippen LogP contribution in [-0.4, -0.2) is 12.6 Å². The molecular formula is C20H21N. The summed E-state index contributed by atoms with van der Waals surface area (Å²) in [7, 11) is 0. The Morgan fingerprint density at radius 3 is 2.71 bits per heavy atom. The fourth-order valence-electron chi connectivity index (χ4n) is 4.27. The van der Waals surface area contributed by atoms with Crippen molar-refractivity contribution in [3.63, 3.8) is 0 Å². The third-order valence-electron chi connectivity index (χ3n) is 5.19. The summed E-state index contributed by atoms with van der Waals surface area (Å²) in [5.74, 6) is 1.17. The Bertz CT molecular complexity index is 686. The van der Waals surface area contributed by atoms with Gasteiger partial charge in [0.15, 0.2) is 0 Å². The van der Waals surface area contributed by atoms with E-state index < -0.39 is 0 Å². The van der Waals surface area contributed by atoms with E-state index in [0.717, 1.165) is 13.0 Å². The molecule has 1 heteroatoms. The van der Waals surface area contributed by atoms with E-state index in [1.807, 2.05) is 0 Å². The first-order valence-corrected chi connectivity index (χ1v) is 7.81. The van der Waals surface area contributed by atoms with Crippen molar-refractivity contribution in [1.82, 2.24) is 5.32 Å². The minimum absolute atomic E-state index is 0.511. The van der Waals surface area contributed by atoms with Crippen molar-refractivity contribution in [2.75, 3.05) is 6.54 Å². The number of nitrogens with one attached hydrogen (secondary N) is 1. The van der Waals surface area contributed by atoms with Crippen molar-refractivity contribution in [3.05, 3.63) is 77.4 Å². The lowest BCUT2D eigenvalue weighted by atomic mass is 9.86. The van der Waals surface area contributed by atoms with E-state index in [1.165, 1.54) is 27.8 Å². The number of rotatable bonds is 2. The van der Waals surface area contributed by atoms with Gasteiger partial charge in [0.2, 0.25) is 0 Å². The summed E-state index contributed by atoms with van der Waals surface area (Å²) in [5.41, 5.74) is 7.08. The summed E-state index contributed by atoms with van der Waals surface area (Å²) < 4.78 is 0. The van der Waals surface area contributed by atoms with Crippen molar-refractivity contribution in [1.29, 1.82) is 0 Å². The highest BCUT2D eigenvalue weighted by Gasteiger charge is 2.44. The van der Waals surface area contributed by atoms with Crippen molar-refractivity contribution in [2.24, 2.45) is 5.92 Å². The average Bonchev–Trinajstić information content (AvgIpc) is 3.02. The summed E-state index contributed by atoms with van der Waals surface area (Å²) in [5, 5.41) is 3.74. The van der Waals surface area contributed by atoms with E-state index in [0.29, 0.717) is 17.9 Å². The lowest BCUT2D eigenvalue weighted by molar-refractivity contribution is 0.522. The topological polar surface area (TPSA) is 12.0 Å². The number of aryl methyl sites for hydroxylation is 1. The van der Waals surface area contributed by atoms with Crippen LogP contribution < -0.4 is 5.32 Å². The van der Waals surface area contributed by atoms with Crippen LogP contribution in [0.5, 0.6) is 0 Å². The lowest BCUT2D eigenvalue weighted by Crippen LogP contribution is -2.29. The summed E-state index contributed by atoms with van der Waals surface area (Å²) in [6.45, 7) is 7.74. The Hall–Kier alpha value is -1.86. The van der Waals surface area contributed by atoms with Gasteiger partial charge in [-0.15, -0.1) is 0 Å². The summed E-state index contributed by atoms with van der Waals surface area (Å²) in [4.78, 5) is 0. The van der Waals surface area contributed by atoms with Crippen LogP contribution in [0.1, 0.15) is 28.2 Å². The second kappa shape index (κ2) is 4.85. The zero-order valence-electron chi connectivity index (χ0n) is 12.5. The first-order chi connectivity index (χ1) is 10.3. The van der Waals surface area contributed by atoms with Crippen LogP contribution in [0.4, 0.5) is 0 Å². The van der Waals surface area contributed by atoms with E-state index in [-0.39, 0.29) is 0 Å². The van der Waals surface area contributed by atoms with Gasteiger partial charge < -0.3 is 5.32 Å². The van der Waals surface area contributed by atoms with Crippen molar-refractivity contribution in [2.45, 2.75) is 25.3 Å². The smallest absolute Gasteiger partial charge is 0.0183 e. The Labute approximate surface area is 126 Å². The van der Waals surface area contributed by atoms with Gasteiger partial charge in [-0.3, -0.25) is 0 Å². The van der Waals surface area contributed by atoms with Gasteiger partial charge in [0.1, 0.15) is 0 Å². The molecule has 3 unspecified atom stereocenters. The molecule has 0 spiro atoms. The maximum absolute atomic E-state index is 4.45. The standard InChI is InChI=1S/C20H21N/c1-13-7-6-10-16-17-12-21-18(20(17)14(2)19(13)16)11-15-8-4-3-5-9-15/h3-10,17-18,20-21H,2,11-12H2,1H3. The Morgan fingerprint density at radius 1 is 1.10 bits per heavy atom. The van der Waals surface area contributed by atoms with Crippen LogP contribution in [0, 0.1) is 12.8 Å².